The molecular formula is C14H18N2O4. The van der Waals surface area contributed by atoms with Crippen LogP contribution in [0.15, 0.2) is 30.9 Å². The number of nitro groups is 1. The third-order valence-electron chi connectivity index (χ3n) is 2.91. The highest BCUT2D eigenvalue weighted by Gasteiger charge is 2.19. The largest absolute Gasteiger partial charge is 0.465 e. The molecule has 0 fully saturated rings. The zero-order chi connectivity index (χ0) is 15.1. The number of unbranched alkanes of at least 4 members (excludes halogenated alkanes) is 1. The van der Waals surface area contributed by atoms with Gasteiger partial charge in [-0.05, 0) is 25.0 Å². The van der Waals surface area contributed by atoms with E-state index in [0.717, 1.165) is 12.8 Å². The van der Waals surface area contributed by atoms with Crippen molar-refractivity contribution < 1.29 is 14.5 Å². The summed E-state index contributed by atoms with van der Waals surface area (Å²) in [6, 6.07) is 4.20. The summed E-state index contributed by atoms with van der Waals surface area (Å²) in [6.45, 7) is 4.27. The van der Waals surface area contributed by atoms with E-state index < -0.39 is 10.9 Å². The SMILES string of the molecule is C=CCCCN(C)c1cc(C(=O)OC)ccc1[N+](=O)[O-]. The van der Waals surface area contributed by atoms with Crippen LogP contribution < -0.4 is 4.90 Å². The lowest BCUT2D eigenvalue weighted by atomic mass is 10.1. The first-order valence-electron chi connectivity index (χ1n) is 6.20. The Kier molecular flexibility index (Phi) is 5.71. The minimum absolute atomic E-state index is 0.0289. The number of carbonyl (C=O) groups is 1. The van der Waals surface area contributed by atoms with E-state index in [1.807, 2.05) is 0 Å². The lowest BCUT2D eigenvalue weighted by Crippen LogP contribution is -2.20. The summed E-state index contributed by atoms with van der Waals surface area (Å²) in [5, 5.41) is 11.1. The van der Waals surface area contributed by atoms with Crippen LogP contribution in [0, 0.1) is 10.1 Å². The number of ether oxygens (including phenoxy) is 1. The predicted octanol–water partition coefficient (Wildman–Crippen LogP) is 2.78. The van der Waals surface area contributed by atoms with Crippen molar-refractivity contribution in [3.63, 3.8) is 0 Å². The van der Waals surface area contributed by atoms with Gasteiger partial charge in [0, 0.05) is 19.7 Å². The molecule has 20 heavy (non-hydrogen) atoms. The zero-order valence-corrected chi connectivity index (χ0v) is 11.7. The van der Waals surface area contributed by atoms with Gasteiger partial charge < -0.3 is 9.64 Å². The van der Waals surface area contributed by atoms with Gasteiger partial charge >= 0.3 is 5.97 Å². The van der Waals surface area contributed by atoms with E-state index in [4.69, 9.17) is 0 Å². The number of carbonyl (C=O) groups excluding carboxylic acids is 1. The van der Waals surface area contributed by atoms with Crippen molar-refractivity contribution in [3.05, 3.63) is 46.5 Å². The average molecular weight is 278 g/mol. The van der Waals surface area contributed by atoms with Gasteiger partial charge in [0.25, 0.3) is 5.69 Å². The van der Waals surface area contributed by atoms with Gasteiger partial charge in [-0.1, -0.05) is 6.08 Å². The molecule has 6 heteroatoms. The first-order chi connectivity index (χ1) is 9.51. The average Bonchev–Trinajstić information content (AvgIpc) is 2.45. The molecule has 1 aromatic carbocycles. The minimum atomic E-state index is -0.513. The molecule has 0 heterocycles. The highest BCUT2D eigenvalue weighted by Crippen LogP contribution is 2.29. The van der Waals surface area contributed by atoms with Gasteiger partial charge in [-0.2, -0.15) is 0 Å². The Bertz CT molecular complexity index is 514. The first kappa shape index (κ1) is 15.7. The van der Waals surface area contributed by atoms with E-state index >= 15 is 0 Å². The van der Waals surface area contributed by atoms with Gasteiger partial charge in [0.15, 0.2) is 0 Å². The van der Waals surface area contributed by atoms with Gasteiger partial charge in [0.1, 0.15) is 5.69 Å². The number of benzene rings is 1. The molecule has 1 rings (SSSR count). The van der Waals surface area contributed by atoms with Crippen molar-refractivity contribution in [2.24, 2.45) is 0 Å². The van der Waals surface area contributed by atoms with Crippen molar-refractivity contribution in [2.45, 2.75) is 12.8 Å². The second-order valence-electron chi connectivity index (χ2n) is 4.30. The van der Waals surface area contributed by atoms with Crippen molar-refractivity contribution in [3.8, 4) is 0 Å². The number of rotatable bonds is 7. The number of hydrogen-bond donors (Lipinski definition) is 0. The predicted molar refractivity (Wildman–Crippen MR) is 77.1 cm³/mol. The van der Waals surface area contributed by atoms with Gasteiger partial charge in [0.05, 0.1) is 17.6 Å². The maximum atomic E-state index is 11.5. The van der Waals surface area contributed by atoms with E-state index in [2.05, 4.69) is 11.3 Å². The van der Waals surface area contributed by atoms with Gasteiger partial charge in [-0.25, -0.2) is 4.79 Å². The second kappa shape index (κ2) is 7.28. The molecule has 0 saturated heterocycles. The monoisotopic (exact) mass is 278 g/mol. The molecule has 108 valence electrons. The smallest absolute Gasteiger partial charge is 0.337 e. The number of methoxy groups -OCH3 is 1. The van der Waals surface area contributed by atoms with Crippen molar-refractivity contribution in [1.29, 1.82) is 0 Å². The van der Waals surface area contributed by atoms with Gasteiger partial charge in [-0.15, -0.1) is 6.58 Å². The standard InChI is InChI=1S/C14H18N2O4/c1-4-5-6-9-15(2)13-10-11(14(17)20-3)7-8-12(13)16(18)19/h4,7-8,10H,1,5-6,9H2,2-3H3. The van der Waals surface area contributed by atoms with Crippen molar-refractivity contribution in [1.82, 2.24) is 0 Å². The number of allylic oxidation sites excluding steroid dienone is 1. The fourth-order valence-electron chi connectivity index (χ4n) is 1.82. The molecule has 0 N–H and O–H groups in total. The maximum Gasteiger partial charge on any atom is 0.337 e. The molecule has 0 aromatic heterocycles. The Labute approximate surface area is 117 Å². The molecule has 6 nitrogen and oxygen atoms in total. The zero-order valence-electron chi connectivity index (χ0n) is 11.7. The highest BCUT2D eigenvalue weighted by atomic mass is 16.6. The molecule has 0 spiro atoms. The number of anilines is 1. The van der Waals surface area contributed by atoms with E-state index in [1.165, 1.54) is 25.3 Å². The summed E-state index contributed by atoms with van der Waals surface area (Å²) in [5.41, 5.74) is 0.671. The summed E-state index contributed by atoms with van der Waals surface area (Å²) in [7, 11) is 3.03. The second-order valence-corrected chi connectivity index (χ2v) is 4.30. The van der Waals surface area contributed by atoms with E-state index in [9.17, 15) is 14.9 Å². The van der Waals surface area contributed by atoms with Crippen LogP contribution in [0.5, 0.6) is 0 Å². The molecule has 0 aliphatic heterocycles. The molecule has 0 radical (unpaired) electrons. The Morgan fingerprint density at radius 3 is 2.80 bits per heavy atom. The fraction of sp³-hybridized carbons (Fsp3) is 0.357. The Balaban J connectivity index is 3.07. The van der Waals surface area contributed by atoms with Gasteiger partial charge in [-0.3, -0.25) is 10.1 Å². The summed E-state index contributed by atoms with van der Waals surface area (Å²) in [6.07, 6.45) is 3.46. The summed E-state index contributed by atoms with van der Waals surface area (Å²) in [4.78, 5) is 23.9. The molecule has 0 bridgehead atoms. The Hall–Kier alpha value is -2.37. The molecule has 1 aromatic rings. The van der Waals surface area contributed by atoms with Crippen LogP contribution in [-0.4, -0.2) is 31.6 Å². The van der Waals surface area contributed by atoms with Crippen molar-refractivity contribution in [2.75, 3.05) is 25.6 Å². The summed E-state index contributed by atoms with van der Waals surface area (Å²) in [5.74, 6) is -0.513. The van der Waals surface area contributed by atoms with Crippen LogP contribution in [0.25, 0.3) is 0 Å². The van der Waals surface area contributed by atoms with E-state index in [-0.39, 0.29) is 5.69 Å². The van der Waals surface area contributed by atoms with Gasteiger partial charge in [0.2, 0.25) is 0 Å². The fourth-order valence-corrected chi connectivity index (χ4v) is 1.82. The third-order valence-corrected chi connectivity index (χ3v) is 2.91. The number of hydrogen-bond acceptors (Lipinski definition) is 5. The summed E-state index contributed by atoms with van der Waals surface area (Å²) < 4.78 is 4.63. The number of nitrogens with zero attached hydrogens (tertiary/aromatic N) is 2. The molecular weight excluding hydrogens is 260 g/mol. The number of esters is 1. The molecule has 0 aliphatic carbocycles. The van der Waals surface area contributed by atoms with Crippen LogP contribution in [0.4, 0.5) is 11.4 Å². The molecule has 0 aliphatic rings. The first-order valence-corrected chi connectivity index (χ1v) is 6.20. The molecule has 0 atom stereocenters. The summed E-state index contributed by atoms with van der Waals surface area (Å²) >= 11 is 0. The maximum absolute atomic E-state index is 11.5. The topological polar surface area (TPSA) is 72.7 Å². The quantitative estimate of drug-likeness (QED) is 0.252. The van der Waals surface area contributed by atoms with Crippen LogP contribution in [0.3, 0.4) is 0 Å². The lowest BCUT2D eigenvalue weighted by molar-refractivity contribution is -0.384. The normalized spacial score (nSPS) is 9.90. The van der Waals surface area contributed by atoms with E-state index in [0.29, 0.717) is 17.8 Å². The van der Waals surface area contributed by atoms with Crippen LogP contribution in [0.2, 0.25) is 0 Å². The van der Waals surface area contributed by atoms with Crippen LogP contribution in [0.1, 0.15) is 23.2 Å². The van der Waals surface area contributed by atoms with Crippen molar-refractivity contribution >= 4 is 17.3 Å². The Morgan fingerprint density at radius 2 is 2.25 bits per heavy atom. The molecule has 0 amide bonds. The Morgan fingerprint density at radius 1 is 1.55 bits per heavy atom. The highest BCUT2D eigenvalue weighted by molar-refractivity contribution is 5.91. The van der Waals surface area contributed by atoms with E-state index in [1.54, 1.807) is 18.0 Å². The van der Waals surface area contributed by atoms with Crippen LogP contribution in [-0.2, 0) is 4.74 Å². The third kappa shape index (κ3) is 3.81. The van der Waals surface area contributed by atoms with Crippen LogP contribution >= 0.6 is 0 Å². The lowest BCUT2D eigenvalue weighted by Gasteiger charge is -2.19. The minimum Gasteiger partial charge on any atom is -0.465 e. The molecule has 0 saturated carbocycles. The number of nitro benzene ring substituents is 1. The molecule has 0 unspecified atom stereocenters.